The first-order valence-electron chi connectivity index (χ1n) is 3.96. The molecule has 0 aromatic carbocycles. The maximum Gasteiger partial charge on any atom is 0.230 e. The monoisotopic (exact) mass is 266 g/mol. The van der Waals surface area contributed by atoms with Gasteiger partial charge >= 0.3 is 0 Å². The number of hydrogen-bond acceptors (Lipinski definition) is 6. The molecule has 0 radical (unpaired) electrons. The number of nitrogens with zero attached hydrogens (tertiary/aromatic N) is 5. The Bertz CT molecular complexity index is 395. The molecule has 0 bridgehead atoms. The number of nitrogens with two attached hydrogens (primary N) is 1. The highest BCUT2D eigenvalue weighted by atomic mass is 79.9. The molecular formula is C8H7BrN6. The van der Waals surface area contributed by atoms with Crippen LogP contribution in [-0.2, 0) is 0 Å². The highest BCUT2D eigenvalue weighted by Crippen LogP contribution is 2.15. The van der Waals surface area contributed by atoms with Crippen molar-refractivity contribution in [2.75, 3.05) is 23.7 Å². The Morgan fingerprint density at radius 2 is 1.93 bits per heavy atom. The van der Waals surface area contributed by atoms with Gasteiger partial charge in [-0.2, -0.15) is 15.5 Å². The molecule has 1 rings (SSSR count). The molecule has 0 aliphatic carbocycles. The standard InChI is InChI=1S/C8H7BrN6/c9-6-5-7(12)14-8(13-6)15(3-1-10)4-2-11/h5H,3-4H2,(H2,12,13,14). The number of nitrogen functional groups attached to an aromatic ring is 1. The predicted octanol–water partition coefficient (Wildman–Crippen LogP) is 0.675. The van der Waals surface area contributed by atoms with E-state index in [0.29, 0.717) is 4.60 Å². The van der Waals surface area contributed by atoms with Crippen molar-refractivity contribution in [2.24, 2.45) is 0 Å². The summed E-state index contributed by atoms with van der Waals surface area (Å²) < 4.78 is 0.519. The molecule has 0 aliphatic heterocycles. The number of hydrogen-bond donors (Lipinski definition) is 1. The predicted molar refractivity (Wildman–Crippen MR) is 57.6 cm³/mol. The average molecular weight is 267 g/mol. The highest BCUT2D eigenvalue weighted by Gasteiger charge is 2.10. The van der Waals surface area contributed by atoms with E-state index in [1.807, 2.05) is 12.1 Å². The lowest BCUT2D eigenvalue weighted by Crippen LogP contribution is -2.26. The molecule has 6 nitrogen and oxygen atoms in total. The molecule has 15 heavy (non-hydrogen) atoms. The minimum atomic E-state index is 0.0451. The summed E-state index contributed by atoms with van der Waals surface area (Å²) in [7, 11) is 0. The van der Waals surface area contributed by atoms with Crippen molar-refractivity contribution in [3.63, 3.8) is 0 Å². The van der Waals surface area contributed by atoms with Gasteiger partial charge in [-0.25, -0.2) is 4.98 Å². The molecule has 0 saturated heterocycles. The Morgan fingerprint density at radius 1 is 1.33 bits per heavy atom. The number of halogens is 1. The lowest BCUT2D eigenvalue weighted by molar-refractivity contribution is 0.895. The Labute approximate surface area is 95.1 Å². The Hall–Kier alpha value is -1.86. The molecule has 1 aromatic heterocycles. The minimum Gasteiger partial charge on any atom is -0.383 e. The van der Waals surface area contributed by atoms with Crippen LogP contribution in [0.15, 0.2) is 10.7 Å². The number of aromatic nitrogens is 2. The lowest BCUT2D eigenvalue weighted by atomic mass is 10.5. The molecule has 0 fully saturated rings. The molecular weight excluding hydrogens is 260 g/mol. The molecule has 7 heteroatoms. The first kappa shape index (κ1) is 11.2. The first-order valence-corrected chi connectivity index (χ1v) is 4.75. The van der Waals surface area contributed by atoms with E-state index in [4.69, 9.17) is 16.3 Å². The van der Waals surface area contributed by atoms with Gasteiger partial charge in [-0.3, -0.25) is 0 Å². The SMILES string of the molecule is N#CCN(CC#N)c1nc(N)cc(Br)n1. The van der Waals surface area contributed by atoms with Gasteiger partial charge in [0.25, 0.3) is 0 Å². The lowest BCUT2D eigenvalue weighted by Gasteiger charge is -2.15. The van der Waals surface area contributed by atoms with Crippen molar-refractivity contribution >= 4 is 27.7 Å². The quantitative estimate of drug-likeness (QED) is 0.637. The van der Waals surface area contributed by atoms with Crippen LogP contribution < -0.4 is 10.6 Å². The molecule has 2 N–H and O–H groups in total. The van der Waals surface area contributed by atoms with Crippen LogP contribution in [0.25, 0.3) is 0 Å². The van der Waals surface area contributed by atoms with Crippen LogP contribution in [0.1, 0.15) is 0 Å². The van der Waals surface area contributed by atoms with E-state index < -0.39 is 0 Å². The molecule has 1 aromatic rings. The van der Waals surface area contributed by atoms with Crippen molar-refractivity contribution in [1.82, 2.24) is 9.97 Å². The van der Waals surface area contributed by atoms with Gasteiger partial charge < -0.3 is 10.6 Å². The third-order valence-electron chi connectivity index (χ3n) is 1.51. The van der Waals surface area contributed by atoms with E-state index in [2.05, 4.69) is 25.9 Å². The molecule has 76 valence electrons. The number of rotatable bonds is 3. The van der Waals surface area contributed by atoms with E-state index in [0.717, 1.165) is 0 Å². The summed E-state index contributed by atoms with van der Waals surface area (Å²) in [6.07, 6.45) is 0. The van der Waals surface area contributed by atoms with Gasteiger partial charge in [-0.1, -0.05) is 0 Å². The largest absolute Gasteiger partial charge is 0.383 e. The van der Waals surface area contributed by atoms with E-state index in [9.17, 15) is 0 Å². The van der Waals surface area contributed by atoms with E-state index >= 15 is 0 Å². The first-order chi connectivity index (χ1) is 7.17. The average Bonchev–Trinajstić information content (AvgIpc) is 2.16. The van der Waals surface area contributed by atoms with Gasteiger partial charge in [0.05, 0.1) is 12.1 Å². The second kappa shape index (κ2) is 5.13. The third-order valence-corrected chi connectivity index (χ3v) is 1.92. The second-order valence-electron chi connectivity index (χ2n) is 2.59. The van der Waals surface area contributed by atoms with Crippen molar-refractivity contribution in [1.29, 1.82) is 10.5 Å². The van der Waals surface area contributed by atoms with Crippen molar-refractivity contribution in [3.8, 4) is 12.1 Å². The van der Waals surface area contributed by atoms with Crippen molar-refractivity contribution in [2.45, 2.75) is 0 Å². The molecule has 1 heterocycles. The Balaban J connectivity index is 3.01. The van der Waals surface area contributed by atoms with Crippen LogP contribution in [0.3, 0.4) is 0 Å². The second-order valence-corrected chi connectivity index (χ2v) is 3.40. The van der Waals surface area contributed by atoms with Gasteiger partial charge in [0.15, 0.2) is 0 Å². The molecule has 0 spiro atoms. The van der Waals surface area contributed by atoms with E-state index in [1.165, 1.54) is 4.90 Å². The van der Waals surface area contributed by atoms with Crippen LogP contribution in [0.4, 0.5) is 11.8 Å². The van der Waals surface area contributed by atoms with Gasteiger partial charge in [0, 0.05) is 6.07 Å². The van der Waals surface area contributed by atoms with Crippen LogP contribution in [0, 0.1) is 22.7 Å². The smallest absolute Gasteiger partial charge is 0.230 e. The van der Waals surface area contributed by atoms with Crippen LogP contribution in [-0.4, -0.2) is 23.1 Å². The molecule has 0 saturated carbocycles. The van der Waals surface area contributed by atoms with Crippen LogP contribution in [0.5, 0.6) is 0 Å². The third kappa shape index (κ3) is 3.08. The summed E-state index contributed by atoms with van der Waals surface area (Å²) in [6, 6.07) is 5.40. The zero-order valence-corrected chi connectivity index (χ0v) is 9.27. The number of anilines is 2. The Morgan fingerprint density at radius 3 is 2.40 bits per heavy atom. The fourth-order valence-corrected chi connectivity index (χ4v) is 1.33. The highest BCUT2D eigenvalue weighted by molar-refractivity contribution is 9.10. The summed E-state index contributed by atoms with van der Waals surface area (Å²) in [6.45, 7) is 0.0902. The summed E-state index contributed by atoms with van der Waals surface area (Å²) >= 11 is 3.16. The van der Waals surface area contributed by atoms with Gasteiger partial charge in [0.1, 0.15) is 23.5 Å². The number of nitriles is 2. The molecule has 0 unspecified atom stereocenters. The normalized spacial score (nSPS) is 9.00. The topological polar surface area (TPSA) is 103 Å². The fourth-order valence-electron chi connectivity index (χ4n) is 0.932. The molecule has 0 aliphatic rings. The zero-order chi connectivity index (χ0) is 11.3. The van der Waals surface area contributed by atoms with Crippen molar-refractivity contribution in [3.05, 3.63) is 10.7 Å². The van der Waals surface area contributed by atoms with Crippen LogP contribution >= 0.6 is 15.9 Å². The summed E-state index contributed by atoms with van der Waals surface area (Å²) in [5.41, 5.74) is 5.52. The maximum atomic E-state index is 8.56. The van der Waals surface area contributed by atoms with Gasteiger partial charge in [-0.15, -0.1) is 0 Å². The maximum absolute atomic E-state index is 8.56. The zero-order valence-electron chi connectivity index (χ0n) is 7.68. The Kier molecular flexibility index (Phi) is 3.83. The van der Waals surface area contributed by atoms with E-state index in [-0.39, 0.29) is 24.9 Å². The van der Waals surface area contributed by atoms with Crippen molar-refractivity contribution < 1.29 is 0 Å². The van der Waals surface area contributed by atoms with Crippen LogP contribution in [0.2, 0.25) is 0 Å². The summed E-state index contributed by atoms with van der Waals surface area (Å²) in [4.78, 5) is 9.38. The van der Waals surface area contributed by atoms with Gasteiger partial charge in [0.2, 0.25) is 5.95 Å². The van der Waals surface area contributed by atoms with Gasteiger partial charge in [-0.05, 0) is 15.9 Å². The minimum absolute atomic E-state index is 0.0451. The molecule has 0 atom stereocenters. The summed E-state index contributed by atoms with van der Waals surface area (Å²) in [5.74, 6) is 0.553. The fraction of sp³-hybridized carbons (Fsp3) is 0.250. The molecule has 0 amide bonds. The summed E-state index contributed by atoms with van der Waals surface area (Å²) in [5, 5.41) is 17.1. The van der Waals surface area contributed by atoms with E-state index in [1.54, 1.807) is 6.07 Å².